The largest absolute Gasteiger partial charge is 0.490 e. The lowest BCUT2D eigenvalue weighted by Crippen LogP contribution is -2.40. The summed E-state index contributed by atoms with van der Waals surface area (Å²) in [5.41, 5.74) is 9.04. The van der Waals surface area contributed by atoms with E-state index in [2.05, 4.69) is 15.6 Å². The SMILES string of the molecule is Nc1ccc(OC2CCC(Cn3cc(C(=O)N4CCOCC4)c4ncccc43)CC2)cc1. The number of benzene rings is 1. The number of aromatic nitrogens is 2. The number of amides is 1. The molecule has 0 unspecified atom stereocenters. The molecule has 1 amide bonds. The van der Waals surface area contributed by atoms with Crippen LogP contribution in [0.1, 0.15) is 36.0 Å². The minimum absolute atomic E-state index is 0.0522. The highest BCUT2D eigenvalue weighted by Gasteiger charge is 2.26. The molecule has 5 rings (SSSR count). The molecule has 1 saturated heterocycles. The van der Waals surface area contributed by atoms with Crippen molar-refractivity contribution in [2.45, 2.75) is 38.3 Å². The third-order valence-corrected chi connectivity index (χ3v) is 6.60. The molecule has 2 N–H and O–H groups in total. The highest BCUT2D eigenvalue weighted by molar-refractivity contribution is 6.05. The predicted molar refractivity (Wildman–Crippen MR) is 124 cm³/mol. The molecule has 0 spiro atoms. The summed E-state index contributed by atoms with van der Waals surface area (Å²) in [7, 11) is 0. The first-order valence-corrected chi connectivity index (χ1v) is 11.5. The molecule has 7 heteroatoms. The summed E-state index contributed by atoms with van der Waals surface area (Å²) >= 11 is 0. The second-order valence-electron chi connectivity index (χ2n) is 8.80. The van der Waals surface area contributed by atoms with E-state index in [1.54, 1.807) is 6.20 Å². The van der Waals surface area contributed by atoms with Crippen LogP contribution >= 0.6 is 0 Å². The van der Waals surface area contributed by atoms with Crippen LogP contribution in [0.2, 0.25) is 0 Å². The molecule has 1 aromatic carbocycles. The fraction of sp³-hybridized carbons (Fsp3) is 0.440. The van der Waals surface area contributed by atoms with Crippen LogP contribution in [0.25, 0.3) is 11.0 Å². The molecule has 0 radical (unpaired) electrons. The summed E-state index contributed by atoms with van der Waals surface area (Å²) in [6, 6.07) is 11.6. The maximum absolute atomic E-state index is 13.1. The van der Waals surface area contributed by atoms with Crippen LogP contribution in [0.4, 0.5) is 5.69 Å². The van der Waals surface area contributed by atoms with Crippen molar-refractivity contribution >= 4 is 22.6 Å². The van der Waals surface area contributed by atoms with E-state index in [1.807, 2.05) is 41.4 Å². The number of nitrogens with two attached hydrogens (primary N) is 1. The van der Waals surface area contributed by atoms with Crippen LogP contribution in [0.3, 0.4) is 0 Å². The Labute approximate surface area is 188 Å². The van der Waals surface area contributed by atoms with Gasteiger partial charge in [-0.3, -0.25) is 9.78 Å². The van der Waals surface area contributed by atoms with Crippen molar-refractivity contribution in [1.29, 1.82) is 0 Å². The number of carbonyl (C=O) groups is 1. The van der Waals surface area contributed by atoms with Gasteiger partial charge in [0.2, 0.25) is 0 Å². The van der Waals surface area contributed by atoms with Crippen molar-refractivity contribution in [2.75, 3.05) is 32.0 Å². The number of anilines is 1. The number of morpholine rings is 1. The summed E-state index contributed by atoms with van der Waals surface area (Å²) in [4.78, 5) is 19.6. The average molecular weight is 435 g/mol. The van der Waals surface area contributed by atoms with Gasteiger partial charge in [0, 0.05) is 37.7 Å². The fourth-order valence-corrected chi connectivity index (χ4v) is 4.82. The van der Waals surface area contributed by atoms with E-state index in [9.17, 15) is 4.79 Å². The van der Waals surface area contributed by atoms with Crippen LogP contribution < -0.4 is 10.5 Å². The number of carbonyl (C=O) groups excluding carboxylic acids is 1. The van der Waals surface area contributed by atoms with Gasteiger partial charge in [-0.15, -0.1) is 0 Å². The maximum Gasteiger partial charge on any atom is 0.257 e. The van der Waals surface area contributed by atoms with E-state index in [4.69, 9.17) is 15.2 Å². The van der Waals surface area contributed by atoms with Crippen LogP contribution in [-0.2, 0) is 11.3 Å². The van der Waals surface area contributed by atoms with Gasteiger partial charge in [-0.25, -0.2) is 0 Å². The summed E-state index contributed by atoms with van der Waals surface area (Å²) in [6.07, 6.45) is 8.29. The molecule has 2 aliphatic rings. The quantitative estimate of drug-likeness (QED) is 0.619. The lowest BCUT2D eigenvalue weighted by molar-refractivity contribution is 0.0304. The lowest BCUT2D eigenvalue weighted by atomic mass is 9.87. The van der Waals surface area contributed by atoms with Crippen LogP contribution in [0.5, 0.6) is 5.75 Å². The minimum atomic E-state index is 0.0522. The molecule has 0 atom stereocenters. The normalized spacial score (nSPS) is 21.6. The maximum atomic E-state index is 13.1. The second kappa shape index (κ2) is 9.20. The third-order valence-electron chi connectivity index (χ3n) is 6.60. The van der Waals surface area contributed by atoms with Crippen molar-refractivity contribution in [2.24, 2.45) is 5.92 Å². The molecule has 1 aliphatic heterocycles. The van der Waals surface area contributed by atoms with Crippen molar-refractivity contribution in [1.82, 2.24) is 14.5 Å². The van der Waals surface area contributed by atoms with Gasteiger partial charge in [-0.2, -0.15) is 0 Å². The van der Waals surface area contributed by atoms with Crippen LogP contribution in [0, 0.1) is 5.92 Å². The van der Waals surface area contributed by atoms with Gasteiger partial charge in [-0.05, 0) is 68.0 Å². The Balaban J connectivity index is 1.25. The van der Waals surface area contributed by atoms with Crippen LogP contribution in [0.15, 0.2) is 48.8 Å². The Morgan fingerprint density at radius 3 is 2.59 bits per heavy atom. The standard InChI is InChI=1S/C25H30N4O3/c26-19-5-9-21(10-6-19)32-20-7-3-18(4-8-20)16-29-17-22(24-23(29)2-1-11-27-24)25(30)28-12-14-31-15-13-28/h1-2,5-6,9-11,17-18,20H,3-4,7-8,12-16,26H2. The monoisotopic (exact) mass is 434 g/mol. The molecule has 7 nitrogen and oxygen atoms in total. The van der Waals surface area contributed by atoms with E-state index in [0.29, 0.717) is 37.8 Å². The zero-order chi connectivity index (χ0) is 21.9. The van der Waals surface area contributed by atoms with E-state index < -0.39 is 0 Å². The Kier molecular flexibility index (Phi) is 5.99. The van der Waals surface area contributed by atoms with Gasteiger partial charge in [-0.1, -0.05) is 0 Å². The van der Waals surface area contributed by atoms with E-state index in [-0.39, 0.29) is 12.0 Å². The molecule has 32 heavy (non-hydrogen) atoms. The Morgan fingerprint density at radius 2 is 1.84 bits per heavy atom. The number of nitrogens with zero attached hydrogens (tertiary/aromatic N) is 3. The molecular weight excluding hydrogens is 404 g/mol. The first kappa shape index (κ1) is 20.8. The second-order valence-corrected chi connectivity index (χ2v) is 8.80. The Hall–Kier alpha value is -3.06. The van der Waals surface area contributed by atoms with Crippen molar-refractivity contribution in [3.63, 3.8) is 0 Å². The molecule has 0 bridgehead atoms. The number of ether oxygens (including phenoxy) is 2. The molecule has 3 aromatic rings. The smallest absolute Gasteiger partial charge is 0.257 e. The summed E-state index contributed by atoms with van der Waals surface area (Å²) in [5, 5.41) is 0. The molecule has 168 valence electrons. The number of nitrogen functional groups attached to an aromatic ring is 1. The Morgan fingerprint density at radius 1 is 1.09 bits per heavy atom. The summed E-state index contributed by atoms with van der Waals surface area (Å²) in [5.74, 6) is 1.50. The van der Waals surface area contributed by atoms with Gasteiger partial charge < -0.3 is 24.7 Å². The minimum Gasteiger partial charge on any atom is -0.490 e. The highest BCUT2D eigenvalue weighted by Crippen LogP contribution is 2.31. The van der Waals surface area contributed by atoms with Gasteiger partial charge in [0.25, 0.3) is 5.91 Å². The zero-order valence-electron chi connectivity index (χ0n) is 18.3. The number of hydrogen-bond acceptors (Lipinski definition) is 5. The molecule has 3 heterocycles. The van der Waals surface area contributed by atoms with Crippen molar-refractivity contribution < 1.29 is 14.3 Å². The zero-order valence-corrected chi connectivity index (χ0v) is 18.3. The molecule has 2 fully saturated rings. The number of rotatable bonds is 5. The summed E-state index contributed by atoms with van der Waals surface area (Å²) in [6.45, 7) is 3.36. The predicted octanol–water partition coefficient (Wildman–Crippen LogP) is 3.73. The van der Waals surface area contributed by atoms with Crippen LogP contribution in [-0.4, -0.2) is 52.8 Å². The molecule has 2 aromatic heterocycles. The average Bonchev–Trinajstić information content (AvgIpc) is 3.20. The summed E-state index contributed by atoms with van der Waals surface area (Å²) < 4.78 is 13.8. The Bertz CT molecular complexity index is 1060. The first-order valence-electron chi connectivity index (χ1n) is 11.5. The highest BCUT2D eigenvalue weighted by atomic mass is 16.5. The van der Waals surface area contributed by atoms with Gasteiger partial charge in [0.15, 0.2) is 0 Å². The van der Waals surface area contributed by atoms with Gasteiger partial charge >= 0.3 is 0 Å². The number of hydrogen-bond donors (Lipinski definition) is 1. The van der Waals surface area contributed by atoms with Crippen molar-refractivity contribution in [3.05, 3.63) is 54.4 Å². The first-order chi connectivity index (χ1) is 15.7. The topological polar surface area (TPSA) is 82.6 Å². The van der Waals surface area contributed by atoms with E-state index >= 15 is 0 Å². The van der Waals surface area contributed by atoms with Gasteiger partial charge in [0.05, 0.1) is 30.4 Å². The van der Waals surface area contributed by atoms with Crippen molar-refractivity contribution in [3.8, 4) is 5.75 Å². The third kappa shape index (κ3) is 4.43. The molecule has 1 aliphatic carbocycles. The number of pyridine rings is 1. The lowest BCUT2D eigenvalue weighted by Gasteiger charge is -2.29. The van der Waals surface area contributed by atoms with Gasteiger partial charge in [0.1, 0.15) is 11.3 Å². The fourth-order valence-electron chi connectivity index (χ4n) is 4.82. The van der Waals surface area contributed by atoms with E-state index in [0.717, 1.165) is 54.7 Å². The van der Waals surface area contributed by atoms with E-state index in [1.165, 1.54) is 0 Å². The molecular formula is C25H30N4O3. The number of fused-ring (bicyclic) bond motifs is 1. The molecule has 1 saturated carbocycles.